The van der Waals surface area contributed by atoms with Crippen LogP contribution in [-0.2, 0) is 22.3 Å². The summed E-state index contributed by atoms with van der Waals surface area (Å²) in [6.45, 7) is 5.52. The van der Waals surface area contributed by atoms with Crippen LogP contribution >= 0.6 is 0 Å². The first-order valence-corrected chi connectivity index (χ1v) is 8.75. The molecule has 2 rings (SSSR count). The van der Waals surface area contributed by atoms with Crippen LogP contribution in [0.15, 0.2) is 24.3 Å². The minimum atomic E-state index is -3.21. The first kappa shape index (κ1) is 15.5. The summed E-state index contributed by atoms with van der Waals surface area (Å²) < 4.78 is 26.7. The third-order valence-electron chi connectivity index (χ3n) is 3.81. The van der Waals surface area contributed by atoms with Gasteiger partial charge in [0.05, 0.1) is 5.75 Å². The van der Waals surface area contributed by atoms with Gasteiger partial charge in [-0.3, -0.25) is 0 Å². The Morgan fingerprint density at radius 1 is 1.30 bits per heavy atom. The van der Waals surface area contributed by atoms with Gasteiger partial charge in [-0.05, 0) is 37.4 Å². The third-order valence-corrected chi connectivity index (χ3v) is 5.73. The smallest absolute Gasteiger partial charge is 0.218 e. The molecule has 1 aliphatic heterocycles. The highest BCUT2D eigenvalue weighted by atomic mass is 32.2. The first-order valence-electron chi connectivity index (χ1n) is 7.14. The van der Waals surface area contributed by atoms with Crippen molar-refractivity contribution in [3.63, 3.8) is 0 Å². The zero-order valence-electron chi connectivity index (χ0n) is 12.5. The Balaban J connectivity index is 2.14. The van der Waals surface area contributed by atoms with Crippen molar-refractivity contribution in [2.24, 2.45) is 5.92 Å². The summed E-state index contributed by atoms with van der Waals surface area (Å²) >= 11 is 0. The topological polar surface area (TPSA) is 49.4 Å². The number of benzene rings is 1. The first-order chi connectivity index (χ1) is 9.42. The SMILES string of the molecule is CNCc1cccc(CS(=O)(=O)N2CC(C)CC2C)c1. The highest BCUT2D eigenvalue weighted by Gasteiger charge is 2.34. The average molecular weight is 296 g/mol. The van der Waals surface area contributed by atoms with Gasteiger partial charge in [-0.1, -0.05) is 31.2 Å². The van der Waals surface area contributed by atoms with Gasteiger partial charge in [0.2, 0.25) is 10.0 Å². The van der Waals surface area contributed by atoms with E-state index < -0.39 is 10.0 Å². The van der Waals surface area contributed by atoms with E-state index in [1.165, 1.54) is 0 Å². The summed E-state index contributed by atoms with van der Waals surface area (Å²) in [5.74, 6) is 0.553. The van der Waals surface area contributed by atoms with Gasteiger partial charge in [-0.2, -0.15) is 4.31 Å². The van der Waals surface area contributed by atoms with Gasteiger partial charge in [0.1, 0.15) is 0 Å². The second-order valence-electron chi connectivity index (χ2n) is 5.87. The van der Waals surface area contributed by atoms with E-state index >= 15 is 0 Å². The van der Waals surface area contributed by atoms with E-state index in [0.717, 1.165) is 24.1 Å². The molecule has 0 radical (unpaired) electrons. The fraction of sp³-hybridized carbons (Fsp3) is 0.600. The summed E-state index contributed by atoms with van der Waals surface area (Å²) in [4.78, 5) is 0. The van der Waals surface area contributed by atoms with Crippen LogP contribution in [0.3, 0.4) is 0 Å². The second-order valence-corrected chi connectivity index (χ2v) is 7.79. The van der Waals surface area contributed by atoms with Gasteiger partial charge in [0, 0.05) is 19.1 Å². The average Bonchev–Trinajstić information content (AvgIpc) is 2.69. The lowest BCUT2D eigenvalue weighted by Gasteiger charge is -2.21. The van der Waals surface area contributed by atoms with Crippen LogP contribution in [0, 0.1) is 5.92 Å². The molecule has 1 N–H and O–H groups in total. The number of hydrogen-bond acceptors (Lipinski definition) is 3. The van der Waals surface area contributed by atoms with Crippen LogP contribution in [0.2, 0.25) is 0 Å². The molecule has 2 unspecified atom stereocenters. The van der Waals surface area contributed by atoms with E-state index in [4.69, 9.17) is 0 Å². The maximum atomic E-state index is 12.5. The van der Waals surface area contributed by atoms with Crippen LogP contribution in [-0.4, -0.2) is 32.4 Å². The fourth-order valence-corrected chi connectivity index (χ4v) is 4.86. The van der Waals surface area contributed by atoms with E-state index in [9.17, 15) is 8.42 Å². The van der Waals surface area contributed by atoms with Crippen molar-refractivity contribution >= 4 is 10.0 Å². The lowest BCUT2D eigenvalue weighted by molar-refractivity contribution is 0.405. The minimum Gasteiger partial charge on any atom is -0.316 e. The number of nitrogens with zero attached hydrogens (tertiary/aromatic N) is 1. The molecule has 0 spiro atoms. The normalized spacial score (nSPS) is 24.1. The van der Waals surface area contributed by atoms with E-state index in [0.29, 0.717) is 12.5 Å². The molecule has 0 saturated carbocycles. The number of hydrogen-bond donors (Lipinski definition) is 1. The van der Waals surface area contributed by atoms with E-state index in [-0.39, 0.29) is 11.8 Å². The maximum absolute atomic E-state index is 12.5. The molecule has 20 heavy (non-hydrogen) atoms. The van der Waals surface area contributed by atoms with Gasteiger partial charge in [0.25, 0.3) is 0 Å². The Bertz CT molecular complexity index is 557. The number of sulfonamides is 1. The molecule has 1 fully saturated rings. The molecule has 0 aliphatic carbocycles. The predicted octanol–water partition coefficient (Wildman–Crippen LogP) is 1.97. The monoisotopic (exact) mass is 296 g/mol. The number of rotatable bonds is 5. The Kier molecular flexibility index (Phi) is 4.83. The van der Waals surface area contributed by atoms with E-state index in [1.54, 1.807) is 4.31 Å². The summed E-state index contributed by atoms with van der Waals surface area (Å²) in [5, 5.41) is 3.08. The molecular formula is C15H24N2O2S. The highest BCUT2D eigenvalue weighted by molar-refractivity contribution is 7.88. The van der Waals surface area contributed by atoms with Crippen LogP contribution in [0.5, 0.6) is 0 Å². The maximum Gasteiger partial charge on any atom is 0.218 e. The number of nitrogens with one attached hydrogen (secondary N) is 1. The standard InChI is InChI=1S/C15H24N2O2S/c1-12-7-13(2)17(10-12)20(18,19)11-15-6-4-5-14(8-15)9-16-3/h4-6,8,12-13,16H,7,9-11H2,1-3H3. The zero-order chi connectivity index (χ0) is 14.8. The molecule has 2 atom stereocenters. The van der Waals surface area contributed by atoms with Crippen LogP contribution in [0.25, 0.3) is 0 Å². The van der Waals surface area contributed by atoms with E-state index in [2.05, 4.69) is 12.2 Å². The molecule has 1 aliphatic rings. The summed E-state index contributed by atoms with van der Waals surface area (Å²) in [5.41, 5.74) is 1.98. The molecule has 5 heteroatoms. The molecule has 4 nitrogen and oxygen atoms in total. The van der Waals surface area contributed by atoms with Crippen molar-refractivity contribution in [1.82, 2.24) is 9.62 Å². The van der Waals surface area contributed by atoms with Crippen molar-refractivity contribution in [3.8, 4) is 0 Å². The molecular weight excluding hydrogens is 272 g/mol. The van der Waals surface area contributed by atoms with Gasteiger partial charge in [0.15, 0.2) is 0 Å². The summed E-state index contributed by atoms with van der Waals surface area (Å²) in [7, 11) is -1.33. The van der Waals surface area contributed by atoms with Gasteiger partial charge < -0.3 is 5.32 Å². The van der Waals surface area contributed by atoms with Crippen molar-refractivity contribution in [1.29, 1.82) is 0 Å². The van der Waals surface area contributed by atoms with Crippen LogP contribution < -0.4 is 5.32 Å². The molecule has 0 bridgehead atoms. The Morgan fingerprint density at radius 2 is 2.00 bits per heavy atom. The Labute approximate surface area is 122 Å². The summed E-state index contributed by atoms with van der Waals surface area (Å²) in [6.07, 6.45) is 0.957. The Morgan fingerprint density at radius 3 is 2.60 bits per heavy atom. The van der Waals surface area contributed by atoms with E-state index in [1.807, 2.05) is 38.2 Å². The third kappa shape index (κ3) is 3.59. The molecule has 1 aromatic carbocycles. The molecule has 112 valence electrons. The minimum absolute atomic E-state index is 0.0988. The molecule has 0 aromatic heterocycles. The Hall–Kier alpha value is -0.910. The van der Waals surface area contributed by atoms with Crippen LogP contribution in [0.1, 0.15) is 31.4 Å². The second kappa shape index (κ2) is 6.24. The molecule has 1 heterocycles. The molecule has 1 saturated heterocycles. The van der Waals surface area contributed by atoms with Gasteiger partial charge >= 0.3 is 0 Å². The van der Waals surface area contributed by atoms with Crippen molar-refractivity contribution in [2.45, 2.75) is 38.6 Å². The quantitative estimate of drug-likeness (QED) is 0.904. The molecule has 1 aromatic rings. The van der Waals surface area contributed by atoms with Gasteiger partial charge in [-0.25, -0.2) is 8.42 Å². The van der Waals surface area contributed by atoms with Crippen molar-refractivity contribution < 1.29 is 8.42 Å². The predicted molar refractivity (Wildman–Crippen MR) is 81.8 cm³/mol. The molecule has 0 amide bonds. The van der Waals surface area contributed by atoms with Crippen molar-refractivity contribution in [3.05, 3.63) is 35.4 Å². The zero-order valence-corrected chi connectivity index (χ0v) is 13.3. The lowest BCUT2D eigenvalue weighted by Crippen LogP contribution is -2.34. The van der Waals surface area contributed by atoms with Gasteiger partial charge in [-0.15, -0.1) is 0 Å². The summed E-state index contributed by atoms with van der Waals surface area (Å²) in [6, 6.07) is 7.91. The lowest BCUT2D eigenvalue weighted by atomic mass is 10.1. The fourth-order valence-electron chi connectivity index (χ4n) is 2.98. The highest BCUT2D eigenvalue weighted by Crippen LogP contribution is 2.27. The van der Waals surface area contributed by atoms with Crippen LogP contribution in [0.4, 0.5) is 0 Å². The largest absolute Gasteiger partial charge is 0.316 e. The van der Waals surface area contributed by atoms with Crippen molar-refractivity contribution in [2.75, 3.05) is 13.6 Å².